The quantitative estimate of drug-likeness (QED) is 0.403. The van der Waals surface area contributed by atoms with Crippen molar-refractivity contribution in [3.8, 4) is 0 Å². The van der Waals surface area contributed by atoms with Crippen molar-refractivity contribution >= 4 is 16.6 Å². The molecule has 1 heterocycles. The third-order valence-corrected chi connectivity index (χ3v) is 4.16. The van der Waals surface area contributed by atoms with E-state index in [9.17, 15) is 0 Å². The smallest absolute Gasteiger partial charge is 0.279 e. The molecule has 1 unspecified atom stereocenters. The van der Waals surface area contributed by atoms with Gasteiger partial charge < -0.3 is 19.1 Å². The van der Waals surface area contributed by atoms with Crippen molar-refractivity contribution in [3.63, 3.8) is 0 Å². The predicted octanol–water partition coefficient (Wildman–Crippen LogP) is 1.42. The summed E-state index contributed by atoms with van der Waals surface area (Å²) in [6, 6.07) is 0.984. The molecule has 0 aromatic heterocycles. The largest absolute Gasteiger partial charge is 0.371 e. The zero-order valence-electron chi connectivity index (χ0n) is 14.1. The van der Waals surface area contributed by atoms with E-state index in [2.05, 4.69) is 30.7 Å². The number of aliphatic imine (C=N–C) groups is 1. The van der Waals surface area contributed by atoms with Gasteiger partial charge in [0.15, 0.2) is 0 Å². The molecule has 0 N–H and O–H groups in total. The first-order chi connectivity index (χ1) is 10.2. The van der Waals surface area contributed by atoms with Crippen molar-refractivity contribution in [3.05, 3.63) is 0 Å². The topological polar surface area (TPSA) is 43.3 Å². The Morgan fingerprint density at radius 2 is 1.76 bits per heavy atom. The van der Waals surface area contributed by atoms with Crippen molar-refractivity contribution in [2.45, 2.75) is 58.1 Å². The summed E-state index contributed by atoms with van der Waals surface area (Å²) in [4.78, 5) is 6.43. The first kappa shape index (κ1) is 18.6. The van der Waals surface area contributed by atoms with Crippen molar-refractivity contribution in [2.24, 2.45) is 4.99 Å². The molecule has 0 radical (unpaired) electrons. The Kier molecular flexibility index (Phi) is 9.15. The number of nitrogens with zero attached hydrogens (tertiary/aromatic N) is 2. The van der Waals surface area contributed by atoms with Crippen LogP contribution < -0.4 is 0 Å². The maximum absolute atomic E-state index is 6.22. The minimum absolute atomic E-state index is 0.0493. The van der Waals surface area contributed by atoms with Gasteiger partial charge in [0.25, 0.3) is 5.91 Å². The van der Waals surface area contributed by atoms with Crippen molar-refractivity contribution in [1.82, 2.24) is 4.90 Å². The summed E-state index contributed by atoms with van der Waals surface area (Å²) in [7, 11) is 1.05. The Morgan fingerprint density at radius 3 is 2.19 bits per heavy atom. The molecular weight excluding hydrogens is 284 g/mol. The highest BCUT2D eigenvalue weighted by Crippen LogP contribution is 2.29. The SMILES string of the molecule is CCCOC(C[SiH3])C(OCCC)(OCCC)N1C=NCC1. The summed E-state index contributed by atoms with van der Waals surface area (Å²) in [5.74, 6) is -0.803. The van der Waals surface area contributed by atoms with Gasteiger partial charge in [-0.1, -0.05) is 20.8 Å². The second kappa shape index (κ2) is 10.3. The summed E-state index contributed by atoms with van der Waals surface area (Å²) in [5.41, 5.74) is 0. The van der Waals surface area contributed by atoms with Gasteiger partial charge in [-0.15, -0.1) is 0 Å². The molecule has 6 heteroatoms. The van der Waals surface area contributed by atoms with Crippen LogP contribution in [0.2, 0.25) is 6.04 Å². The second-order valence-corrected chi connectivity index (χ2v) is 6.13. The fourth-order valence-corrected chi connectivity index (χ4v) is 3.18. The van der Waals surface area contributed by atoms with E-state index in [0.29, 0.717) is 13.2 Å². The Hall–Kier alpha value is -0.433. The van der Waals surface area contributed by atoms with Crippen LogP contribution in [0, 0.1) is 0 Å². The average molecular weight is 317 g/mol. The number of hydrogen-bond acceptors (Lipinski definition) is 5. The molecule has 0 aromatic rings. The summed E-state index contributed by atoms with van der Waals surface area (Å²) in [6.45, 7) is 10.1. The molecule has 0 aliphatic carbocycles. The van der Waals surface area contributed by atoms with Gasteiger partial charge in [-0.3, -0.25) is 4.99 Å². The van der Waals surface area contributed by atoms with Gasteiger partial charge in [-0.05, 0) is 25.3 Å². The lowest BCUT2D eigenvalue weighted by atomic mass is 10.2. The van der Waals surface area contributed by atoms with Gasteiger partial charge in [0.05, 0.1) is 26.1 Å². The zero-order valence-corrected chi connectivity index (χ0v) is 16.1. The third kappa shape index (κ3) is 5.05. The number of hydrogen-bond donors (Lipinski definition) is 0. The highest BCUT2D eigenvalue weighted by atomic mass is 28.1. The van der Waals surface area contributed by atoms with Gasteiger partial charge in [0.1, 0.15) is 6.10 Å². The Bertz CT molecular complexity index is 295. The van der Waals surface area contributed by atoms with Gasteiger partial charge in [-0.25, -0.2) is 0 Å². The standard InChI is InChI=1S/C15H32N2O3Si/c1-4-9-18-14(12-21)15(19-10-5-2,20-11-6-3)17-8-7-16-13-17/h13-14H,4-12H2,1-3,21H3. The van der Waals surface area contributed by atoms with Gasteiger partial charge >= 0.3 is 0 Å². The monoisotopic (exact) mass is 316 g/mol. The first-order valence-corrected chi connectivity index (χ1v) is 9.82. The molecule has 124 valence electrons. The summed E-state index contributed by atoms with van der Waals surface area (Å²) < 4.78 is 18.5. The lowest BCUT2D eigenvalue weighted by Crippen LogP contribution is -2.60. The minimum Gasteiger partial charge on any atom is -0.371 e. The van der Waals surface area contributed by atoms with Crippen LogP contribution in [0.3, 0.4) is 0 Å². The van der Waals surface area contributed by atoms with E-state index >= 15 is 0 Å². The van der Waals surface area contributed by atoms with E-state index in [0.717, 1.165) is 55.2 Å². The second-order valence-electron chi connectivity index (χ2n) is 5.31. The van der Waals surface area contributed by atoms with Crippen molar-refractivity contribution < 1.29 is 14.2 Å². The van der Waals surface area contributed by atoms with Crippen molar-refractivity contribution in [1.29, 1.82) is 0 Å². The highest BCUT2D eigenvalue weighted by Gasteiger charge is 2.46. The van der Waals surface area contributed by atoms with Crippen LogP contribution in [0.25, 0.3) is 0 Å². The van der Waals surface area contributed by atoms with Crippen LogP contribution in [0.5, 0.6) is 0 Å². The van der Waals surface area contributed by atoms with Gasteiger partial charge in [0.2, 0.25) is 0 Å². The van der Waals surface area contributed by atoms with Crippen LogP contribution in [0.15, 0.2) is 4.99 Å². The van der Waals surface area contributed by atoms with Crippen LogP contribution in [-0.4, -0.2) is 66.4 Å². The Labute approximate surface area is 132 Å². The number of ether oxygens (including phenoxy) is 3. The lowest BCUT2D eigenvalue weighted by Gasteiger charge is -2.44. The zero-order chi connectivity index (χ0) is 15.6. The van der Waals surface area contributed by atoms with Crippen LogP contribution in [-0.2, 0) is 14.2 Å². The molecule has 0 saturated carbocycles. The van der Waals surface area contributed by atoms with E-state index in [1.54, 1.807) is 0 Å². The summed E-state index contributed by atoms with van der Waals surface area (Å²) in [5, 5.41) is 0. The summed E-state index contributed by atoms with van der Waals surface area (Å²) in [6.07, 6.45) is 4.74. The van der Waals surface area contributed by atoms with Crippen molar-refractivity contribution in [2.75, 3.05) is 32.9 Å². The molecule has 5 nitrogen and oxygen atoms in total. The minimum atomic E-state index is -0.803. The first-order valence-electron chi connectivity index (χ1n) is 8.41. The van der Waals surface area contributed by atoms with E-state index in [4.69, 9.17) is 14.2 Å². The van der Waals surface area contributed by atoms with E-state index in [-0.39, 0.29) is 6.10 Å². The van der Waals surface area contributed by atoms with Gasteiger partial charge in [-0.2, -0.15) is 0 Å². The molecule has 1 aliphatic rings. The Balaban J connectivity index is 2.96. The maximum Gasteiger partial charge on any atom is 0.279 e. The fourth-order valence-electron chi connectivity index (χ4n) is 2.43. The normalized spacial score (nSPS) is 16.8. The van der Waals surface area contributed by atoms with Crippen LogP contribution >= 0.6 is 0 Å². The molecule has 1 atom stereocenters. The van der Waals surface area contributed by atoms with Crippen LogP contribution in [0.4, 0.5) is 0 Å². The molecule has 0 amide bonds. The molecule has 21 heavy (non-hydrogen) atoms. The van der Waals surface area contributed by atoms with Crippen LogP contribution in [0.1, 0.15) is 40.0 Å². The molecule has 1 aliphatic heterocycles. The Morgan fingerprint density at radius 1 is 1.14 bits per heavy atom. The third-order valence-electron chi connectivity index (χ3n) is 3.42. The van der Waals surface area contributed by atoms with E-state index < -0.39 is 5.91 Å². The molecule has 0 bridgehead atoms. The predicted molar refractivity (Wildman–Crippen MR) is 90.1 cm³/mol. The van der Waals surface area contributed by atoms with E-state index in [1.165, 1.54) is 0 Å². The number of rotatable bonds is 12. The fraction of sp³-hybridized carbons (Fsp3) is 0.933. The molecule has 1 rings (SSSR count). The van der Waals surface area contributed by atoms with Gasteiger partial charge in [0, 0.05) is 23.4 Å². The maximum atomic E-state index is 6.22. The molecule has 0 fully saturated rings. The molecule has 0 saturated heterocycles. The lowest BCUT2D eigenvalue weighted by molar-refractivity contribution is -0.340. The average Bonchev–Trinajstić information content (AvgIpc) is 3.04. The highest BCUT2D eigenvalue weighted by molar-refractivity contribution is 6.08. The molecular formula is C15H32N2O3Si. The molecule has 0 aromatic carbocycles. The molecule has 0 spiro atoms. The van der Waals surface area contributed by atoms with E-state index in [1.807, 2.05) is 6.34 Å². The summed E-state index contributed by atoms with van der Waals surface area (Å²) >= 11 is 0.